The van der Waals surface area contributed by atoms with Gasteiger partial charge in [0, 0.05) is 30.0 Å². The molecule has 0 bridgehead atoms. The van der Waals surface area contributed by atoms with E-state index in [1.807, 2.05) is 45.0 Å². The number of benzene rings is 1. The van der Waals surface area contributed by atoms with Crippen LogP contribution in [0.3, 0.4) is 0 Å². The molecule has 0 aliphatic rings. The fourth-order valence-corrected chi connectivity index (χ4v) is 1.97. The number of hydrogen-bond acceptors (Lipinski definition) is 5. The van der Waals surface area contributed by atoms with E-state index in [0.29, 0.717) is 18.1 Å². The third-order valence-corrected chi connectivity index (χ3v) is 3.03. The van der Waals surface area contributed by atoms with Gasteiger partial charge in [-0.1, -0.05) is 18.2 Å². The number of para-hydroxylation sites is 1. The van der Waals surface area contributed by atoms with Crippen LogP contribution in [0.25, 0.3) is 0 Å². The number of amides is 1. The molecule has 23 heavy (non-hydrogen) atoms. The Labute approximate surface area is 136 Å². The second-order valence-corrected chi connectivity index (χ2v) is 6.16. The summed E-state index contributed by atoms with van der Waals surface area (Å²) in [6.45, 7) is 6.43. The molecule has 0 aliphatic carbocycles. The third kappa shape index (κ3) is 4.95. The molecule has 1 aromatic heterocycles. The van der Waals surface area contributed by atoms with Crippen molar-refractivity contribution in [2.75, 3.05) is 12.4 Å². The molecule has 1 amide bonds. The van der Waals surface area contributed by atoms with Crippen molar-refractivity contribution in [3.05, 3.63) is 47.8 Å². The van der Waals surface area contributed by atoms with Gasteiger partial charge in [-0.2, -0.15) is 0 Å². The highest BCUT2D eigenvalue weighted by atomic mass is 16.5. The van der Waals surface area contributed by atoms with Crippen LogP contribution in [0.15, 0.2) is 36.7 Å². The maximum Gasteiger partial charge on any atom is 0.254 e. The molecule has 2 N–H and O–H groups in total. The summed E-state index contributed by atoms with van der Waals surface area (Å²) in [6, 6.07) is 7.56. The number of aromatic nitrogens is 2. The van der Waals surface area contributed by atoms with Crippen molar-refractivity contribution in [3.8, 4) is 5.75 Å². The maximum absolute atomic E-state index is 12.2. The van der Waals surface area contributed by atoms with E-state index in [9.17, 15) is 4.79 Å². The Morgan fingerprint density at radius 2 is 1.83 bits per heavy atom. The minimum Gasteiger partial charge on any atom is -0.496 e. The number of rotatable bonds is 5. The molecule has 0 aliphatic heterocycles. The summed E-state index contributed by atoms with van der Waals surface area (Å²) in [6.07, 6.45) is 3.03. The van der Waals surface area contributed by atoms with Gasteiger partial charge >= 0.3 is 0 Å². The number of ether oxygens (including phenoxy) is 1. The molecule has 1 aromatic carbocycles. The lowest BCUT2D eigenvalue weighted by molar-refractivity contribution is 0.0950. The van der Waals surface area contributed by atoms with Crippen molar-refractivity contribution in [1.29, 1.82) is 0 Å². The predicted octanol–water partition coefficient (Wildman–Crippen LogP) is 2.63. The molecule has 0 saturated carbocycles. The molecular weight excluding hydrogens is 292 g/mol. The van der Waals surface area contributed by atoms with Gasteiger partial charge in [-0.15, -0.1) is 0 Å². The van der Waals surface area contributed by atoms with E-state index in [1.165, 1.54) is 12.4 Å². The van der Waals surface area contributed by atoms with E-state index in [-0.39, 0.29) is 11.4 Å². The first-order valence-corrected chi connectivity index (χ1v) is 7.39. The van der Waals surface area contributed by atoms with Crippen molar-refractivity contribution in [1.82, 2.24) is 15.3 Å². The summed E-state index contributed by atoms with van der Waals surface area (Å²) in [5.41, 5.74) is 1.20. The average Bonchev–Trinajstić information content (AvgIpc) is 2.52. The normalized spacial score (nSPS) is 11.0. The van der Waals surface area contributed by atoms with E-state index in [1.54, 1.807) is 7.11 Å². The quantitative estimate of drug-likeness (QED) is 0.887. The highest BCUT2D eigenvalue weighted by molar-refractivity contribution is 5.93. The lowest BCUT2D eigenvalue weighted by Gasteiger charge is -2.20. The molecule has 122 valence electrons. The van der Waals surface area contributed by atoms with Crippen molar-refractivity contribution < 1.29 is 9.53 Å². The zero-order chi connectivity index (χ0) is 16.9. The average molecular weight is 314 g/mol. The van der Waals surface area contributed by atoms with Gasteiger partial charge in [-0.05, 0) is 26.8 Å². The number of carbonyl (C=O) groups is 1. The van der Waals surface area contributed by atoms with Gasteiger partial charge in [0.25, 0.3) is 5.91 Å². The number of anilines is 1. The van der Waals surface area contributed by atoms with E-state index in [2.05, 4.69) is 20.6 Å². The van der Waals surface area contributed by atoms with E-state index in [0.717, 1.165) is 11.3 Å². The van der Waals surface area contributed by atoms with E-state index >= 15 is 0 Å². The summed E-state index contributed by atoms with van der Waals surface area (Å²) in [7, 11) is 1.61. The molecule has 6 heteroatoms. The topological polar surface area (TPSA) is 76.1 Å². The zero-order valence-corrected chi connectivity index (χ0v) is 13.9. The lowest BCUT2D eigenvalue weighted by Crippen LogP contribution is -2.28. The summed E-state index contributed by atoms with van der Waals surface area (Å²) >= 11 is 0. The molecule has 0 atom stereocenters. The Hall–Kier alpha value is -2.63. The van der Waals surface area contributed by atoms with Crippen LogP contribution in [0.4, 0.5) is 5.95 Å². The van der Waals surface area contributed by atoms with Crippen molar-refractivity contribution in [2.24, 2.45) is 0 Å². The Morgan fingerprint density at radius 1 is 1.17 bits per heavy atom. The smallest absolute Gasteiger partial charge is 0.254 e. The van der Waals surface area contributed by atoms with Gasteiger partial charge in [0.1, 0.15) is 5.75 Å². The SMILES string of the molecule is COc1ccccc1CNC(=O)c1cnc(NC(C)(C)C)nc1. The monoisotopic (exact) mass is 314 g/mol. The Balaban J connectivity index is 1.98. The van der Waals surface area contributed by atoms with Crippen molar-refractivity contribution in [2.45, 2.75) is 32.9 Å². The molecule has 6 nitrogen and oxygen atoms in total. The van der Waals surface area contributed by atoms with E-state index in [4.69, 9.17) is 4.74 Å². The van der Waals surface area contributed by atoms with Gasteiger partial charge in [-0.25, -0.2) is 9.97 Å². The van der Waals surface area contributed by atoms with E-state index < -0.39 is 0 Å². The van der Waals surface area contributed by atoms with Crippen LogP contribution in [-0.4, -0.2) is 28.5 Å². The number of carbonyl (C=O) groups excluding carboxylic acids is 1. The number of nitrogens with one attached hydrogen (secondary N) is 2. The first-order chi connectivity index (χ1) is 10.9. The van der Waals surface area contributed by atoms with Crippen LogP contribution in [0.5, 0.6) is 5.75 Å². The Kier molecular flexibility index (Phi) is 5.16. The molecule has 2 aromatic rings. The molecule has 1 heterocycles. The molecule has 2 rings (SSSR count). The van der Waals surface area contributed by atoms with Crippen molar-refractivity contribution >= 4 is 11.9 Å². The van der Waals surface area contributed by atoms with Gasteiger partial charge in [-0.3, -0.25) is 4.79 Å². The Bertz CT molecular complexity index is 663. The minimum absolute atomic E-state index is 0.131. The highest BCUT2D eigenvalue weighted by Gasteiger charge is 2.12. The first-order valence-electron chi connectivity index (χ1n) is 7.39. The summed E-state index contributed by atoms with van der Waals surface area (Å²) < 4.78 is 5.26. The fraction of sp³-hybridized carbons (Fsp3) is 0.353. The highest BCUT2D eigenvalue weighted by Crippen LogP contribution is 2.17. The van der Waals surface area contributed by atoms with Crippen molar-refractivity contribution in [3.63, 3.8) is 0 Å². The second-order valence-electron chi connectivity index (χ2n) is 6.16. The summed E-state index contributed by atoms with van der Waals surface area (Å²) in [5.74, 6) is 1.02. The van der Waals surface area contributed by atoms with Crippen LogP contribution in [-0.2, 0) is 6.54 Å². The number of methoxy groups -OCH3 is 1. The van der Waals surface area contributed by atoms with Crippen LogP contribution in [0.1, 0.15) is 36.7 Å². The lowest BCUT2D eigenvalue weighted by atomic mass is 10.1. The molecule has 0 saturated heterocycles. The minimum atomic E-state index is -0.224. The van der Waals surface area contributed by atoms with Crippen LogP contribution in [0.2, 0.25) is 0 Å². The molecule has 0 spiro atoms. The van der Waals surface area contributed by atoms with Crippen LogP contribution >= 0.6 is 0 Å². The van der Waals surface area contributed by atoms with Gasteiger partial charge in [0.15, 0.2) is 0 Å². The second kappa shape index (κ2) is 7.09. The zero-order valence-electron chi connectivity index (χ0n) is 13.9. The summed E-state index contributed by atoms with van der Waals surface area (Å²) in [5, 5.41) is 5.99. The van der Waals surface area contributed by atoms with Gasteiger partial charge in [0.2, 0.25) is 5.95 Å². The third-order valence-electron chi connectivity index (χ3n) is 3.03. The maximum atomic E-state index is 12.2. The molecular formula is C17H22N4O2. The first kappa shape index (κ1) is 16.7. The Morgan fingerprint density at radius 3 is 2.43 bits per heavy atom. The van der Waals surface area contributed by atoms with Gasteiger partial charge < -0.3 is 15.4 Å². The predicted molar refractivity (Wildman–Crippen MR) is 89.6 cm³/mol. The standard InChI is InChI=1S/C17H22N4O2/c1-17(2,3)21-16-19-10-13(11-20-16)15(22)18-9-12-7-5-6-8-14(12)23-4/h5-8,10-11H,9H2,1-4H3,(H,18,22)(H,19,20,21). The number of nitrogens with zero attached hydrogens (tertiary/aromatic N) is 2. The van der Waals surface area contributed by atoms with Crippen LogP contribution < -0.4 is 15.4 Å². The molecule has 0 unspecified atom stereocenters. The molecule has 0 fully saturated rings. The largest absolute Gasteiger partial charge is 0.496 e. The number of hydrogen-bond donors (Lipinski definition) is 2. The van der Waals surface area contributed by atoms with Gasteiger partial charge in [0.05, 0.1) is 12.7 Å². The molecule has 0 radical (unpaired) electrons. The summed E-state index contributed by atoms with van der Waals surface area (Å²) in [4.78, 5) is 20.5. The fourth-order valence-electron chi connectivity index (χ4n) is 1.97. The van der Waals surface area contributed by atoms with Crippen LogP contribution in [0, 0.1) is 0 Å².